The van der Waals surface area contributed by atoms with Crippen molar-refractivity contribution in [1.29, 1.82) is 0 Å². The van der Waals surface area contributed by atoms with Gasteiger partial charge in [-0.1, -0.05) is 30.4 Å². The van der Waals surface area contributed by atoms with Gasteiger partial charge in [0.05, 0.1) is 5.60 Å². The topological polar surface area (TPSA) is 40.5 Å². The molecule has 2 unspecified atom stereocenters. The van der Waals surface area contributed by atoms with Gasteiger partial charge in [0, 0.05) is 11.5 Å². The third kappa shape index (κ3) is 3.60. The molecule has 0 amide bonds. The van der Waals surface area contributed by atoms with Gasteiger partial charge < -0.3 is 10.2 Å². The fourth-order valence-electron chi connectivity index (χ4n) is 2.91. The van der Waals surface area contributed by atoms with Gasteiger partial charge in [-0.05, 0) is 52.5 Å². The van der Waals surface area contributed by atoms with Crippen LogP contribution in [0.4, 0.5) is 0 Å². The summed E-state index contributed by atoms with van der Waals surface area (Å²) in [5, 5.41) is 20.5. The first kappa shape index (κ1) is 15.8. The van der Waals surface area contributed by atoms with E-state index in [2.05, 4.69) is 26.2 Å². The molecule has 106 valence electrons. The Labute approximate surface area is 116 Å². The Kier molecular flexibility index (Phi) is 4.81. The first-order chi connectivity index (χ1) is 8.68. The fraction of sp³-hybridized carbons (Fsp3) is 0.529. The molecule has 2 nitrogen and oxygen atoms in total. The number of hydrogen-bond donors (Lipinski definition) is 2. The average molecular weight is 262 g/mol. The molecular weight excluding hydrogens is 236 g/mol. The molecule has 0 heterocycles. The highest BCUT2D eigenvalue weighted by molar-refractivity contribution is 5.34. The highest BCUT2D eigenvalue weighted by Gasteiger charge is 2.35. The van der Waals surface area contributed by atoms with Crippen LogP contribution in [0.1, 0.15) is 40.5 Å². The summed E-state index contributed by atoms with van der Waals surface area (Å²) >= 11 is 0. The lowest BCUT2D eigenvalue weighted by Gasteiger charge is -2.37. The summed E-state index contributed by atoms with van der Waals surface area (Å²) in [6.07, 6.45) is 5.60. The predicted octanol–water partition coefficient (Wildman–Crippen LogP) is 4.30. The van der Waals surface area contributed by atoms with Crippen molar-refractivity contribution in [2.45, 2.75) is 46.1 Å². The van der Waals surface area contributed by atoms with Crippen LogP contribution in [0.15, 0.2) is 47.8 Å². The molecule has 1 rings (SSSR count). The standard InChI is InChI=1S/C17H26O2/c1-7-15(18)16(17(5,6)19)14-10-12(4)8-9-13(14)11(2)3/h7,10,13-14,18-19H,1-2,8-9H2,3-6H3/b16-15+. The van der Waals surface area contributed by atoms with Crippen molar-refractivity contribution in [1.82, 2.24) is 0 Å². The molecule has 0 bridgehead atoms. The molecule has 0 fully saturated rings. The lowest BCUT2D eigenvalue weighted by Crippen LogP contribution is -2.33. The van der Waals surface area contributed by atoms with Crippen LogP contribution in [0, 0.1) is 11.8 Å². The van der Waals surface area contributed by atoms with E-state index in [9.17, 15) is 10.2 Å². The number of hydrogen-bond acceptors (Lipinski definition) is 2. The summed E-state index contributed by atoms with van der Waals surface area (Å²) in [6, 6.07) is 0. The van der Waals surface area contributed by atoms with E-state index in [0.717, 1.165) is 18.4 Å². The molecule has 0 aliphatic heterocycles. The van der Waals surface area contributed by atoms with Crippen LogP contribution in [0.2, 0.25) is 0 Å². The van der Waals surface area contributed by atoms with E-state index in [1.165, 1.54) is 11.6 Å². The number of aliphatic hydroxyl groups is 2. The van der Waals surface area contributed by atoms with Gasteiger partial charge in [-0.2, -0.15) is 0 Å². The third-order valence-electron chi connectivity index (χ3n) is 3.84. The van der Waals surface area contributed by atoms with Gasteiger partial charge in [0.25, 0.3) is 0 Å². The second-order valence-electron chi connectivity index (χ2n) is 6.09. The van der Waals surface area contributed by atoms with Gasteiger partial charge in [0.15, 0.2) is 0 Å². The molecule has 0 radical (unpaired) electrons. The van der Waals surface area contributed by atoms with E-state index in [1.54, 1.807) is 13.8 Å². The van der Waals surface area contributed by atoms with Crippen molar-refractivity contribution < 1.29 is 10.2 Å². The molecule has 0 aromatic carbocycles. The fourth-order valence-corrected chi connectivity index (χ4v) is 2.91. The van der Waals surface area contributed by atoms with Gasteiger partial charge in [-0.25, -0.2) is 0 Å². The van der Waals surface area contributed by atoms with Crippen LogP contribution in [0.3, 0.4) is 0 Å². The monoisotopic (exact) mass is 262 g/mol. The van der Waals surface area contributed by atoms with Gasteiger partial charge in [-0.15, -0.1) is 0 Å². The molecule has 0 saturated heterocycles. The Bertz CT molecular complexity index is 433. The van der Waals surface area contributed by atoms with Crippen LogP contribution in [0.25, 0.3) is 0 Å². The van der Waals surface area contributed by atoms with Gasteiger partial charge in [0.1, 0.15) is 5.76 Å². The number of rotatable bonds is 4. The minimum Gasteiger partial charge on any atom is -0.508 e. The molecule has 2 N–H and O–H groups in total. The van der Waals surface area contributed by atoms with Gasteiger partial charge >= 0.3 is 0 Å². The molecule has 0 aromatic rings. The highest BCUT2D eigenvalue weighted by atomic mass is 16.3. The number of allylic oxidation sites excluding steroid dienone is 4. The van der Waals surface area contributed by atoms with E-state index in [0.29, 0.717) is 5.57 Å². The van der Waals surface area contributed by atoms with Crippen molar-refractivity contribution >= 4 is 0 Å². The number of aliphatic hydroxyl groups excluding tert-OH is 1. The molecule has 0 saturated carbocycles. The maximum Gasteiger partial charge on any atom is 0.117 e. The van der Waals surface area contributed by atoms with E-state index >= 15 is 0 Å². The highest BCUT2D eigenvalue weighted by Crippen LogP contribution is 2.41. The summed E-state index contributed by atoms with van der Waals surface area (Å²) in [5.41, 5.74) is 1.94. The van der Waals surface area contributed by atoms with Crippen LogP contribution < -0.4 is 0 Å². The van der Waals surface area contributed by atoms with Gasteiger partial charge in [-0.3, -0.25) is 0 Å². The van der Waals surface area contributed by atoms with Crippen molar-refractivity contribution in [3.8, 4) is 0 Å². The van der Waals surface area contributed by atoms with Gasteiger partial charge in [0.2, 0.25) is 0 Å². The lowest BCUT2D eigenvalue weighted by atomic mass is 9.70. The molecule has 1 aliphatic carbocycles. The summed E-state index contributed by atoms with van der Waals surface area (Å²) in [5.74, 6) is 0.325. The van der Waals surface area contributed by atoms with Crippen molar-refractivity contribution in [2.24, 2.45) is 11.8 Å². The predicted molar refractivity (Wildman–Crippen MR) is 80.9 cm³/mol. The summed E-state index contributed by atoms with van der Waals surface area (Å²) in [4.78, 5) is 0. The minimum atomic E-state index is -1.08. The van der Waals surface area contributed by atoms with Crippen LogP contribution >= 0.6 is 0 Å². The van der Waals surface area contributed by atoms with E-state index in [1.807, 2.05) is 6.92 Å². The lowest BCUT2D eigenvalue weighted by molar-refractivity contribution is 0.0996. The maximum absolute atomic E-state index is 10.4. The zero-order chi connectivity index (χ0) is 14.8. The molecule has 2 atom stereocenters. The van der Waals surface area contributed by atoms with Crippen LogP contribution in [0.5, 0.6) is 0 Å². The molecule has 0 aromatic heterocycles. The van der Waals surface area contributed by atoms with Crippen LogP contribution in [-0.4, -0.2) is 15.8 Å². The Morgan fingerprint density at radius 2 is 2.05 bits per heavy atom. The van der Waals surface area contributed by atoms with Crippen molar-refractivity contribution in [2.75, 3.05) is 0 Å². The normalized spacial score (nSPS) is 25.4. The van der Waals surface area contributed by atoms with Crippen molar-refractivity contribution in [3.63, 3.8) is 0 Å². The largest absolute Gasteiger partial charge is 0.508 e. The summed E-state index contributed by atoms with van der Waals surface area (Å²) < 4.78 is 0. The second kappa shape index (κ2) is 5.79. The minimum absolute atomic E-state index is 0.00995. The maximum atomic E-state index is 10.4. The molecule has 2 heteroatoms. The zero-order valence-electron chi connectivity index (χ0n) is 12.5. The molecule has 1 aliphatic rings. The summed E-state index contributed by atoms with van der Waals surface area (Å²) in [6.45, 7) is 15.2. The van der Waals surface area contributed by atoms with E-state index in [4.69, 9.17) is 0 Å². The SMILES string of the molecule is C=C/C(O)=C(/C1C=C(C)CCC1C(=C)C)C(C)(C)O. The first-order valence-electron chi connectivity index (χ1n) is 6.79. The second-order valence-corrected chi connectivity index (χ2v) is 6.09. The smallest absolute Gasteiger partial charge is 0.117 e. The molecule has 19 heavy (non-hydrogen) atoms. The average Bonchev–Trinajstić information content (AvgIpc) is 2.26. The Morgan fingerprint density at radius 3 is 2.47 bits per heavy atom. The quantitative estimate of drug-likeness (QED) is 0.450. The Hall–Kier alpha value is -1.28. The summed E-state index contributed by atoms with van der Waals surface area (Å²) in [7, 11) is 0. The van der Waals surface area contributed by atoms with Crippen molar-refractivity contribution in [3.05, 3.63) is 47.8 Å². The molecular formula is C17H26O2. The van der Waals surface area contributed by atoms with E-state index in [-0.39, 0.29) is 17.6 Å². The third-order valence-corrected chi connectivity index (χ3v) is 3.84. The first-order valence-corrected chi connectivity index (χ1v) is 6.79. The Morgan fingerprint density at radius 1 is 1.47 bits per heavy atom. The zero-order valence-corrected chi connectivity index (χ0v) is 12.5. The molecule has 0 spiro atoms. The van der Waals surface area contributed by atoms with Crippen LogP contribution in [-0.2, 0) is 0 Å². The Balaban J connectivity index is 3.37. The van der Waals surface area contributed by atoms with E-state index < -0.39 is 5.60 Å².